The van der Waals surface area contributed by atoms with Gasteiger partial charge in [-0.1, -0.05) is 33.6 Å². The molecule has 0 saturated heterocycles. The van der Waals surface area contributed by atoms with Gasteiger partial charge in [-0.25, -0.2) is 9.48 Å². The summed E-state index contributed by atoms with van der Waals surface area (Å²) in [6.45, 7) is 7.40. The molecule has 0 atom stereocenters. The van der Waals surface area contributed by atoms with Gasteiger partial charge in [-0.3, -0.25) is 13.9 Å². The van der Waals surface area contributed by atoms with E-state index in [4.69, 9.17) is 17.3 Å². The van der Waals surface area contributed by atoms with Gasteiger partial charge in [-0.05, 0) is 12.3 Å². The number of rotatable bonds is 8. The first-order valence-corrected chi connectivity index (χ1v) is 9.01. The van der Waals surface area contributed by atoms with E-state index in [0.29, 0.717) is 36.5 Å². The van der Waals surface area contributed by atoms with E-state index >= 15 is 0 Å². The van der Waals surface area contributed by atoms with Crippen molar-refractivity contribution in [3.05, 3.63) is 20.8 Å². The van der Waals surface area contributed by atoms with Gasteiger partial charge >= 0.3 is 5.69 Å². The molecular weight excluding hydrogens is 330 g/mol. The van der Waals surface area contributed by atoms with Crippen molar-refractivity contribution in [2.75, 3.05) is 11.6 Å². The summed E-state index contributed by atoms with van der Waals surface area (Å²) in [5.41, 5.74) is 5.80. The van der Waals surface area contributed by atoms with Gasteiger partial charge in [0, 0.05) is 19.0 Å². The third kappa shape index (κ3) is 3.50. The summed E-state index contributed by atoms with van der Waals surface area (Å²) in [5, 5.41) is 4.69. The molecular formula is C16H26ClN5O2. The fourth-order valence-corrected chi connectivity index (χ4v) is 2.97. The number of aryl methyl sites for hydroxylation is 1. The highest BCUT2D eigenvalue weighted by molar-refractivity contribution is 6.17. The molecule has 0 spiro atoms. The van der Waals surface area contributed by atoms with Crippen molar-refractivity contribution < 1.29 is 0 Å². The topological polar surface area (TPSA) is 87.8 Å². The number of unbranched alkanes of at least 4 members (excludes halogenated alkanes) is 2. The van der Waals surface area contributed by atoms with Crippen molar-refractivity contribution in [2.24, 2.45) is 5.92 Å². The predicted molar refractivity (Wildman–Crippen MR) is 97.7 cm³/mol. The lowest BCUT2D eigenvalue weighted by molar-refractivity contribution is 0.476. The minimum absolute atomic E-state index is 0.242. The van der Waals surface area contributed by atoms with Crippen LogP contribution in [0, 0.1) is 5.92 Å². The van der Waals surface area contributed by atoms with Crippen LogP contribution in [0.15, 0.2) is 9.59 Å². The summed E-state index contributed by atoms with van der Waals surface area (Å²) in [6, 6.07) is 0. The molecule has 0 aliphatic heterocycles. The average Bonchev–Trinajstić information content (AvgIpc) is 2.84. The zero-order valence-electron chi connectivity index (χ0n) is 14.6. The molecule has 0 fully saturated rings. The molecule has 24 heavy (non-hydrogen) atoms. The number of nitrogens with two attached hydrogens (primary N) is 1. The molecule has 7 nitrogen and oxygen atoms in total. The Bertz CT molecular complexity index is 818. The fraction of sp³-hybridized carbons (Fsp3) is 0.688. The van der Waals surface area contributed by atoms with Crippen LogP contribution in [-0.2, 0) is 19.6 Å². The second kappa shape index (κ2) is 7.88. The van der Waals surface area contributed by atoms with Gasteiger partial charge in [0.25, 0.3) is 5.56 Å². The summed E-state index contributed by atoms with van der Waals surface area (Å²) in [6.07, 6.45) is 2.77. The van der Waals surface area contributed by atoms with Crippen molar-refractivity contribution in [1.29, 1.82) is 0 Å². The second-order valence-electron chi connectivity index (χ2n) is 6.45. The van der Waals surface area contributed by atoms with Crippen molar-refractivity contribution in [2.45, 2.75) is 59.7 Å². The third-order valence-corrected chi connectivity index (χ3v) is 4.15. The Morgan fingerprint density at radius 1 is 1.17 bits per heavy atom. The quantitative estimate of drug-likeness (QED) is 0.579. The standard InChI is InChI=1S/C16H26ClN5O2/c1-4-5-6-8-20-15(23)12-13(18)22(9-7-17)19-14(12)21(16(20)24)10-11(2)3/h11H,4-10,18H2,1-3H3. The maximum atomic E-state index is 12.8. The van der Waals surface area contributed by atoms with Gasteiger partial charge in [0.1, 0.15) is 11.2 Å². The first kappa shape index (κ1) is 18.6. The molecule has 0 aromatic carbocycles. The number of nitrogen functional groups attached to an aromatic ring is 1. The molecule has 2 heterocycles. The van der Waals surface area contributed by atoms with Crippen LogP contribution in [0.4, 0.5) is 5.82 Å². The fourth-order valence-electron chi connectivity index (χ4n) is 2.81. The summed E-state index contributed by atoms with van der Waals surface area (Å²) in [4.78, 5) is 25.6. The van der Waals surface area contributed by atoms with Crippen LogP contribution in [0.3, 0.4) is 0 Å². The molecule has 2 rings (SSSR count). The molecule has 134 valence electrons. The normalized spacial score (nSPS) is 11.7. The average molecular weight is 356 g/mol. The highest BCUT2D eigenvalue weighted by Crippen LogP contribution is 2.17. The third-order valence-electron chi connectivity index (χ3n) is 3.98. The zero-order chi connectivity index (χ0) is 17.9. The van der Waals surface area contributed by atoms with Gasteiger partial charge in [-0.2, -0.15) is 5.10 Å². The molecule has 2 aromatic heterocycles. The number of halogens is 1. The van der Waals surface area contributed by atoms with Gasteiger partial charge in [0.05, 0.1) is 6.54 Å². The molecule has 0 aliphatic carbocycles. The molecule has 0 bridgehead atoms. The van der Waals surface area contributed by atoms with E-state index in [1.165, 1.54) is 9.25 Å². The summed E-state index contributed by atoms with van der Waals surface area (Å²) < 4.78 is 4.36. The van der Waals surface area contributed by atoms with E-state index in [2.05, 4.69) is 12.0 Å². The number of aromatic nitrogens is 4. The van der Waals surface area contributed by atoms with E-state index in [0.717, 1.165) is 19.3 Å². The van der Waals surface area contributed by atoms with Crippen LogP contribution >= 0.6 is 11.6 Å². The second-order valence-corrected chi connectivity index (χ2v) is 6.82. The number of nitrogens with zero attached hydrogens (tertiary/aromatic N) is 4. The molecule has 2 aromatic rings. The zero-order valence-corrected chi connectivity index (χ0v) is 15.3. The predicted octanol–water partition coefficient (Wildman–Crippen LogP) is 2.03. The maximum Gasteiger partial charge on any atom is 0.332 e. The first-order chi connectivity index (χ1) is 11.4. The molecule has 0 amide bonds. The summed E-state index contributed by atoms with van der Waals surface area (Å²) >= 11 is 5.78. The number of hydrogen-bond donors (Lipinski definition) is 1. The Morgan fingerprint density at radius 3 is 2.46 bits per heavy atom. The van der Waals surface area contributed by atoms with E-state index in [1.807, 2.05) is 13.8 Å². The number of hydrogen-bond acceptors (Lipinski definition) is 4. The summed E-state index contributed by atoms with van der Waals surface area (Å²) in [5.74, 6) is 0.849. The molecule has 0 unspecified atom stereocenters. The molecule has 0 saturated carbocycles. The number of alkyl halides is 1. The molecule has 0 radical (unpaired) electrons. The largest absolute Gasteiger partial charge is 0.383 e. The SMILES string of the molecule is CCCCCn1c(=O)c2c(N)n(CCCl)nc2n(CC(C)C)c1=O. The van der Waals surface area contributed by atoms with Crippen LogP contribution < -0.4 is 17.0 Å². The Balaban J connectivity index is 2.72. The molecule has 8 heteroatoms. The minimum Gasteiger partial charge on any atom is -0.383 e. The van der Waals surface area contributed by atoms with Crippen molar-refractivity contribution in [1.82, 2.24) is 18.9 Å². The van der Waals surface area contributed by atoms with Crippen molar-refractivity contribution in [3.8, 4) is 0 Å². The highest BCUT2D eigenvalue weighted by atomic mass is 35.5. The van der Waals surface area contributed by atoms with Gasteiger partial charge in [-0.15, -0.1) is 11.6 Å². The highest BCUT2D eigenvalue weighted by Gasteiger charge is 2.20. The van der Waals surface area contributed by atoms with Gasteiger partial charge in [0.2, 0.25) is 0 Å². The number of anilines is 1. The smallest absolute Gasteiger partial charge is 0.332 e. The first-order valence-electron chi connectivity index (χ1n) is 8.47. The lowest BCUT2D eigenvalue weighted by Crippen LogP contribution is -2.40. The lowest BCUT2D eigenvalue weighted by atomic mass is 10.2. The minimum atomic E-state index is -0.357. The molecule has 0 aliphatic rings. The number of fused-ring (bicyclic) bond motifs is 1. The Kier molecular flexibility index (Phi) is 6.10. The van der Waals surface area contributed by atoms with E-state index < -0.39 is 0 Å². The van der Waals surface area contributed by atoms with E-state index in [-0.39, 0.29) is 23.0 Å². The van der Waals surface area contributed by atoms with Crippen LogP contribution in [-0.4, -0.2) is 24.8 Å². The maximum absolute atomic E-state index is 12.8. The van der Waals surface area contributed by atoms with Gasteiger partial charge < -0.3 is 5.73 Å². The Morgan fingerprint density at radius 2 is 1.88 bits per heavy atom. The van der Waals surface area contributed by atoms with Crippen molar-refractivity contribution >= 4 is 28.5 Å². The monoisotopic (exact) mass is 355 g/mol. The van der Waals surface area contributed by atoms with Crippen molar-refractivity contribution in [3.63, 3.8) is 0 Å². The van der Waals surface area contributed by atoms with Crippen LogP contribution in [0.5, 0.6) is 0 Å². The van der Waals surface area contributed by atoms with Crippen LogP contribution in [0.1, 0.15) is 40.0 Å². The Hall–Kier alpha value is -1.76. The van der Waals surface area contributed by atoms with E-state index in [1.54, 1.807) is 4.57 Å². The van der Waals surface area contributed by atoms with Crippen LogP contribution in [0.25, 0.3) is 11.0 Å². The molecule has 2 N–H and O–H groups in total. The van der Waals surface area contributed by atoms with Gasteiger partial charge in [0.15, 0.2) is 5.65 Å². The van der Waals surface area contributed by atoms with Crippen LogP contribution in [0.2, 0.25) is 0 Å². The lowest BCUT2D eigenvalue weighted by Gasteiger charge is -2.13. The van der Waals surface area contributed by atoms with E-state index in [9.17, 15) is 9.59 Å². The summed E-state index contributed by atoms with van der Waals surface area (Å²) in [7, 11) is 0. The Labute approximate surface area is 146 Å².